The molecule has 2 aliphatic rings. The van der Waals surface area contributed by atoms with Crippen LogP contribution in [0.2, 0.25) is 0 Å². The van der Waals surface area contributed by atoms with Gasteiger partial charge in [-0.3, -0.25) is 4.79 Å². The molecular weight excluding hydrogens is 260 g/mol. The van der Waals surface area contributed by atoms with Gasteiger partial charge in [-0.15, -0.1) is 0 Å². The first-order valence-corrected chi connectivity index (χ1v) is 9.52. The fourth-order valence-corrected chi connectivity index (χ4v) is 4.65. The topological polar surface area (TPSA) is 37.3 Å². The summed E-state index contributed by atoms with van der Waals surface area (Å²) in [7, 11) is 0. The lowest BCUT2D eigenvalue weighted by atomic mass is 9.73. The van der Waals surface area contributed by atoms with Gasteiger partial charge in [-0.25, -0.2) is 0 Å². The lowest BCUT2D eigenvalue weighted by Gasteiger charge is -2.32. The second-order valence-electron chi connectivity index (χ2n) is 7.41. The molecule has 122 valence electrons. The van der Waals surface area contributed by atoms with Gasteiger partial charge in [0, 0.05) is 0 Å². The summed E-state index contributed by atoms with van der Waals surface area (Å²) in [5.41, 5.74) is 0. The highest BCUT2D eigenvalue weighted by atomic mass is 16.4. The Labute approximate surface area is 130 Å². The third-order valence-corrected chi connectivity index (χ3v) is 5.89. The van der Waals surface area contributed by atoms with Crippen LogP contribution in [0.1, 0.15) is 96.3 Å². The van der Waals surface area contributed by atoms with E-state index in [1.807, 2.05) is 0 Å². The van der Waals surface area contributed by atoms with Crippen molar-refractivity contribution in [1.82, 2.24) is 0 Å². The van der Waals surface area contributed by atoms with Gasteiger partial charge in [0.05, 0.1) is 5.92 Å². The molecule has 2 heteroatoms. The van der Waals surface area contributed by atoms with E-state index in [0.29, 0.717) is 11.8 Å². The van der Waals surface area contributed by atoms with Crippen molar-refractivity contribution in [2.24, 2.45) is 17.8 Å². The first kappa shape index (κ1) is 16.8. The number of hydrogen-bond donors (Lipinski definition) is 1. The fraction of sp³-hybridized carbons (Fsp3) is 0.947. The molecule has 0 amide bonds. The molecule has 0 saturated heterocycles. The van der Waals surface area contributed by atoms with Gasteiger partial charge in [-0.1, -0.05) is 83.5 Å². The zero-order valence-electron chi connectivity index (χ0n) is 13.7. The molecule has 0 aliphatic heterocycles. The second kappa shape index (κ2) is 9.48. The van der Waals surface area contributed by atoms with Crippen LogP contribution in [0.4, 0.5) is 0 Å². The Kier molecular flexibility index (Phi) is 7.60. The fourth-order valence-electron chi connectivity index (χ4n) is 4.65. The maximum Gasteiger partial charge on any atom is 0.306 e. The monoisotopic (exact) mass is 294 g/mol. The quantitative estimate of drug-likeness (QED) is 0.699. The molecule has 2 rings (SSSR count). The van der Waals surface area contributed by atoms with E-state index in [9.17, 15) is 9.90 Å². The molecule has 2 fully saturated rings. The summed E-state index contributed by atoms with van der Waals surface area (Å²) in [6, 6.07) is 0. The summed E-state index contributed by atoms with van der Waals surface area (Å²) in [4.78, 5) is 11.8. The zero-order valence-corrected chi connectivity index (χ0v) is 13.7. The lowest BCUT2D eigenvalue weighted by molar-refractivity contribution is -0.145. The first-order valence-electron chi connectivity index (χ1n) is 9.52. The standard InChI is InChI=1S/C19H34O2/c20-19(21)18-15-11-7-3-6-10-14-17(18)16-12-8-4-1-2-5-9-13-16/h16-18H,1-15H2,(H,20,21). The summed E-state index contributed by atoms with van der Waals surface area (Å²) < 4.78 is 0. The van der Waals surface area contributed by atoms with E-state index in [1.165, 1.54) is 83.5 Å². The molecule has 0 spiro atoms. The van der Waals surface area contributed by atoms with Gasteiger partial charge >= 0.3 is 5.97 Å². The average molecular weight is 294 g/mol. The molecule has 2 aliphatic carbocycles. The van der Waals surface area contributed by atoms with E-state index in [4.69, 9.17) is 0 Å². The Morgan fingerprint density at radius 2 is 1.05 bits per heavy atom. The smallest absolute Gasteiger partial charge is 0.306 e. The Morgan fingerprint density at radius 1 is 0.619 bits per heavy atom. The highest BCUT2D eigenvalue weighted by Crippen LogP contribution is 2.38. The molecule has 2 atom stereocenters. The molecule has 0 heterocycles. The average Bonchev–Trinajstić information content (AvgIpc) is 2.68. The molecule has 0 aromatic rings. The van der Waals surface area contributed by atoms with E-state index in [0.717, 1.165) is 12.8 Å². The number of carboxylic acids is 1. The van der Waals surface area contributed by atoms with Gasteiger partial charge in [0.15, 0.2) is 0 Å². The molecule has 2 unspecified atom stereocenters. The van der Waals surface area contributed by atoms with Gasteiger partial charge in [0.25, 0.3) is 0 Å². The summed E-state index contributed by atoms with van der Waals surface area (Å²) in [6.07, 6.45) is 19.1. The van der Waals surface area contributed by atoms with Gasteiger partial charge in [0.2, 0.25) is 0 Å². The molecule has 0 aromatic heterocycles. The predicted octanol–water partition coefficient (Wildman–Crippen LogP) is 5.80. The number of carboxylic acid groups (broad SMARTS) is 1. The third kappa shape index (κ3) is 5.64. The molecule has 1 N–H and O–H groups in total. The first-order chi connectivity index (χ1) is 10.3. The predicted molar refractivity (Wildman–Crippen MR) is 87.4 cm³/mol. The molecular formula is C19H34O2. The normalized spacial score (nSPS) is 31.0. The highest BCUT2D eigenvalue weighted by Gasteiger charge is 2.33. The van der Waals surface area contributed by atoms with Crippen LogP contribution in [0, 0.1) is 17.8 Å². The molecule has 21 heavy (non-hydrogen) atoms. The van der Waals surface area contributed by atoms with Crippen LogP contribution >= 0.6 is 0 Å². The zero-order chi connectivity index (χ0) is 14.9. The van der Waals surface area contributed by atoms with E-state index in [1.54, 1.807) is 0 Å². The molecule has 0 bridgehead atoms. The van der Waals surface area contributed by atoms with Crippen molar-refractivity contribution >= 4 is 5.97 Å². The molecule has 0 aromatic carbocycles. The Morgan fingerprint density at radius 3 is 1.57 bits per heavy atom. The minimum Gasteiger partial charge on any atom is -0.481 e. The van der Waals surface area contributed by atoms with Gasteiger partial charge < -0.3 is 5.11 Å². The van der Waals surface area contributed by atoms with Crippen LogP contribution in [0.25, 0.3) is 0 Å². The number of rotatable bonds is 2. The molecule has 0 radical (unpaired) electrons. The number of hydrogen-bond acceptors (Lipinski definition) is 1. The van der Waals surface area contributed by atoms with Gasteiger partial charge in [-0.05, 0) is 24.7 Å². The molecule has 2 saturated carbocycles. The summed E-state index contributed by atoms with van der Waals surface area (Å²) in [5, 5.41) is 9.73. The minimum atomic E-state index is -0.512. The van der Waals surface area contributed by atoms with Crippen molar-refractivity contribution < 1.29 is 9.90 Å². The lowest BCUT2D eigenvalue weighted by Crippen LogP contribution is -2.30. The number of carbonyl (C=O) groups is 1. The van der Waals surface area contributed by atoms with Crippen LogP contribution in [0.3, 0.4) is 0 Å². The van der Waals surface area contributed by atoms with E-state index in [-0.39, 0.29) is 5.92 Å². The van der Waals surface area contributed by atoms with Crippen LogP contribution < -0.4 is 0 Å². The van der Waals surface area contributed by atoms with E-state index in [2.05, 4.69) is 0 Å². The summed E-state index contributed by atoms with van der Waals surface area (Å²) in [6.45, 7) is 0. The van der Waals surface area contributed by atoms with Crippen molar-refractivity contribution in [1.29, 1.82) is 0 Å². The Bertz CT molecular complexity index is 290. The SMILES string of the molecule is O=C(O)C1CCCCCCCC1C1CCCCCCCC1. The van der Waals surface area contributed by atoms with Crippen LogP contribution in [0.5, 0.6) is 0 Å². The van der Waals surface area contributed by atoms with Gasteiger partial charge in [0.1, 0.15) is 0 Å². The Balaban J connectivity index is 2.05. The van der Waals surface area contributed by atoms with Gasteiger partial charge in [-0.2, -0.15) is 0 Å². The van der Waals surface area contributed by atoms with Crippen molar-refractivity contribution in [2.45, 2.75) is 96.3 Å². The maximum atomic E-state index is 11.8. The minimum absolute atomic E-state index is 0.0612. The number of aliphatic carboxylic acids is 1. The van der Waals surface area contributed by atoms with E-state index >= 15 is 0 Å². The Hall–Kier alpha value is -0.530. The van der Waals surface area contributed by atoms with Crippen molar-refractivity contribution in [3.63, 3.8) is 0 Å². The second-order valence-corrected chi connectivity index (χ2v) is 7.41. The summed E-state index contributed by atoms with van der Waals surface area (Å²) in [5.74, 6) is 0.566. The molecule has 2 nitrogen and oxygen atoms in total. The highest BCUT2D eigenvalue weighted by molar-refractivity contribution is 5.70. The van der Waals surface area contributed by atoms with Crippen molar-refractivity contribution in [3.8, 4) is 0 Å². The van der Waals surface area contributed by atoms with Crippen molar-refractivity contribution in [2.75, 3.05) is 0 Å². The van der Waals surface area contributed by atoms with Crippen molar-refractivity contribution in [3.05, 3.63) is 0 Å². The maximum absolute atomic E-state index is 11.8. The van der Waals surface area contributed by atoms with Crippen LogP contribution in [-0.2, 0) is 4.79 Å². The van der Waals surface area contributed by atoms with E-state index < -0.39 is 5.97 Å². The third-order valence-electron chi connectivity index (χ3n) is 5.89. The summed E-state index contributed by atoms with van der Waals surface area (Å²) >= 11 is 0. The van der Waals surface area contributed by atoms with Crippen LogP contribution in [0.15, 0.2) is 0 Å². The van der Waals surface area contributed by atoms with Crippen LogP contribution in [-0.4, -0.2) is 11.1 Å². The largest absolute Gasteiger partial charge is 0.481 e.